The summed E-state index contributed by atoms with van der Waals surface area (Å²) in [4.78, 5) is 15.2. The van der Waals surface area contributed by atoms with Crippen molar-refractivity contribution < 1.29 is 9.90 Å². The highest BCUT2D eigenvalue weighted by atomic mass is 79.9. The van der Waals surface area contributed by atoms with E-state index in [1.54, 1.807) is 6.21 Å². The smallest absolute Gasteiger partial charge is 0.178 e. The minimum Gasteiger partial charge on any atom is -0.377 e. The third-order valence-electron chi connectivity index (χ3n) is 2.37. The van der Waals surface area contributed by atoms with Crippen molar-refractivity contribution in [2.45, 2.75) is 17.0 Å². The standard InChI is InChI=1S/C11H10BrNO2/c12-10-2-1-8(7-13-10)11(15)5-3-9(14)4-6-11/h1,3-7,10,15H,2H2. The van der Waals surface area contributed by atoms with Crippen molar-refractivity contribution in [2.75, 3.05) is 0 Å². The molecule has 1 heterocycles. The second-order valence-electron chi connectivity index (χ2n) is 3.50. The fourth-order valence-electron chi connectivity index (χ4n) is 1.49. The molecule has 15 heavy (non-hydrogen) atoms. The number of allylic oxidation sites excluding steroid dienone is 2. The maximum absolute atomic E-state index is 10.9. The number of rotatable bonds is 1. The third kappa shape index (κ3) is 2.16. The van der Waals surface area contributed by atoms with Gasteiger partial charge in [0.05, 0.1) is 0 Å². The fraction of sp³-hybridized carbons (Fsp3) is 0.273. The molecule has 0 bridgehead atoms. The Morgan fingerprint density at radius 2 is 2.13 bits per heavy atom. The maximum Gasteiger partial charge on any atom is 0.178 e. The Balaban J connectivity index is 2.25. The van der Waals surface area contributed by atoms with Gasteiger partial charge in [0.1, 0.15) is 10.6 Å². The summed E-state index contributed by atoms with van der Waals surface area (Å²) in [5.74, 6) is -0.105. The summed E-state index contributed by atoms with van der Waals surface area (Å²) in [5.41, 5.74) is -0.469. The summed E-state index contributed by atoms with van der Waals surface area (Å²) in [5, 5.41) is 10.2. The molecule has 0 saturated carbocycles. The van der Waals surface area contributed by atoms with Gasteiger partial charge in [-0.15, -0.1) is 0 Å². The van der Waals surface area contributed by atoms with Gasteiger partial charge in [-0.05, 0) is 30.7 Å². The van der Waals surface area contributed by atoms with Gasteiger partial charge in [0, 0.05) is 11.8 Å². The molecule has 2 aliphatic rings. The number of ketones is 1. The largest absolute Gasteiger partial charge is 0.377 e. The summed E-state index contributed by atoms with van der Waals surface area (Å²) in [6.07, 6.45) is 10.0. The molecule has 0 aromatic carbocycles. The Morgan fingerprint density at radius 1 is 1.47 bits per heavy atom. The number of carbonyl (C=O) groups is 1. The number of hydrogen-bond acceptors (Lipinski definition) is 3. The molecular weight excluding hydrogens is 258 g/mol. The van der Waals surface area contributed by atoms with Gasteiger partial charge >= 0.3 is 0 Å². The molecule has 0 amide bonds. The summed E-state index contributed by atoms with van der Waals surface area (Å²) in [7, 11) is 0. The molecule has 0 saturated heterocycles. The average Bonchev–Trinajstić information content (AvgIpc) is 2.24. The van der Waals surface area contributed by atoms with Crippen LogP contribution in [0.5, 0.6) is 0 Å². The highest BCUT2D eigenvalue weighted by molar-refractivity contribution is 9.09. The van der Waals surface area contributed by atoms with E-state index < -0.39 is 5.60 Å². The molecule has 1 aliphatic carbocycles. The van der Waals surface area contributed by atoms with E-state index in [1.165, 1.54) is 24.3 Å². The Kier molecular flexibility index (Phi) is 2.71. The van der Waals surface area contributed by atoms with Crippen LogP contribution in [-0.4, -0.2) is 27.7 Å². The lowest BCUT2D eigenvalue weighted by molar-refractivity contribution is -0.110. The third-order valence-corrected chi connectivity index (χ3v) is 2.98. The van der Waals surface area contributed by atoms with E-state index in [2.05, 4.69) is 20.9 Å². The van der Waals surface area contributed by atoms with Crippen molar-refractivity contribution in [2.24, 2.45) is 4.99 Å². The predicted molar refractivity (Wildman–Crippen MR) is 62.1 cm³/mol. The van der Waals surface area contributed by atoms with E-state index in [9.17, 15) is 9.90 Å². The first-order valence-electron chi connectivity index (χ1n) is 4.63. The van der Waals surface area contributed by atoms with Crippen molar-refractivity contribution >= 4 is 27.9 Å². The van der Waals surface area contributed by atoms with Gasteiger partial charge < -0.3 is 5.11 Å². The second kappa shape index (κ2) is 3.87. The van der Waals surface area contributed by atoms with Crippen LogP contribution in [0.3, 0.4) is 0 Å². The molecule has 0 aromatic heterocycles. The Morgan fingerprint density at radius 3 is 2.67 bits per heavy atom. The Labute approximate surface area is 96.0 Å². The quantitative estimate of drug-likeness (QED) is 0.579. The monoisotopic (exact) mass is 267 g/mol. The van der Waals surface area contributed by atoms with Crippen LogP contribution in [0.25, 0.3) is 0 Å². The molecule has 1 atom stereocenters. The zero-order valence-electron chi connectivity index (χ0n) is 7.93. The topological polar surface area (TPSA) is 49.7 Å². The number of nitrogens with zero attached hydrogens (tertiary/aromatic N) is 1. The number of dihydropyridines is 1. The van der Waals surface area contributed by atoms with Crippen molar-refractivity contribution in [3.8, 4) is 0 Å². The number of aliphatic imine (C=N–C) groups is 1. The molecule has 0 fully saturated rings. The first-order chi connectivity index (χ1) is 7.10. The van der Waals surface area contributed by atoms with Crippen LogP contribution in [0.2, 0.25) is 0 Å². The van der Waals surface area contributed by atoms with Crippen LogP contribution in [-0.2, 0) is 4.79 Å². The first-order valence-corrected chi connectivity index (χ1v) is 5.54. The van der Waals surface area contributed by atoms with E-state index in [0.29, 0.717) is 5.57 Å². The van der Waals surface area contributed by atoms with Gasteiger partial charge in [-0.1, -0.05) is 22.0 Å². The molecule has 3 nitrogen and oxygen atoms in total. The Hall–Kier alpha value is -1.00. The van der Waals surface area contributed by atoms with Crippen molar-refractivity contribution in [1.82, 2.24) is 0 Å². The zero-order chi connectivity index (χ0) is 10.9. The van der Waals surface area contributed by atoms with Gasteiger partial charge in [0.25, 0.3) is 0 Å². The summed E-state index contributed by atoms with van der Waals surface area (Å²) in [6.45, 7) is 0. The first kappa shape index (κ1) is 10.5. The van der Waals surface area contributed by atoms with Gasteiger partial charge in [0.15, 0.2) is 5.78 Å². The van der Waals surface area contributed by atoms with Crippen molar-refractivity contribution in [3.63, 3.8) is 0 Å². The van der Waals surface area contributed by atoms with Crippen molar-refractivity contribution in [3.05, 3.63) is 36.0 Å². The molecule has 1 N–H and O–H groups in total. The molecule has 1 unspecified atom stereocenters. The lowest BCUT2D eigenvalue weighted by Crippen LogP contribution is -2.30. The molecule has 2 rings (SSSR count). The van der Waals surface area contributed by atoms with Gasteiger partial charge in [-0.25, -0.2) is 0 Å². The minimum absolute atomic E-state index is 0.0861. The fourth-order valence-corrected chi connectivity index (χ4v) is 1.79. The number of alkyl halides is 1. The number of carbonyl (C=O) groups excluding carboxylic acids is 1. The molecule has 0 radical (unpaired) electrons. The van der Waals surface area contributed by atoms with E-state index in [-0.39, 0.29) is 10.7 Å². The lowest BCUT2D eigenvalue weighted by Gasteiger charge is -2.25. The molecule has 1 aliphatic heterocycles. The second-order valence-corrected chi connectivity index (χ2v) is 4.56. The average molecular weight is 268 g/mol. The van der Waals surface area contributed by atoms with Crippen LogP contribution in [0.15, 0.2) is 40.9 Å². The molecule has 0 spiro atoms. The predicted octanol–water partition coefficient (Wildman–Crippen LogP) is 1.53. The lowest BCUT2D eigenvalue weighted by atomic mass is 9.88. The minimum atomic E-state index is -1.18. The highest BCUT2D eigenvalue weighted by Crippen LogP contribution is 2.26. The normalized spacial score (nSPS) is 28.0. The number of hydrogen-bond donors (Lipinski definition) is 1. The number of aliphatic hydroxyl groups is 1. The molecule has 78 valence electrons. The van der Waals surface area contributed by atoms with Crippen LogP contribution in [0, 0.1) is 0 Å². The SMILES string of the molecule is O=C1C=CC(O)(C2=CCC(Br)N=C2)C=C1. The van der Waals surface area contributed by atoms with E-state index >= 15 is 0 Å². The van der Waals surface area contributed by atoms with Crippen LogP contribution in [0.4, 0.5) is 0 Å². The van der Waals surface area contributed by atoms with Crippen LogP contribution in [0.1, 0.15) is 6.42 Å². The molecule has 4 heteroatoms. The number of halogens is 1. The zero-order valence-corrected chi connectivity index (χ0v) is 9.52. The van der Waals surface area contributed by atoms with Gasteiger partial charge in [-0.2, -0.15) is 0 Å². The summed E-state index contributed by atoms with van der Waals surface area (Å²) >= 11 is 3.35. The van der Waals surface area contributed by atoms with Crippen LogP contribution < -0.4 is 0 Å². The molecular formula is C11H10BrNO2. The highest BCUT2D eigenvalue weighted by Gasteiger charge is 2.28. The summed E-state index contributed by atoms with van der Waals surface area (Å²) < 4.78 is 0. The maximum atomic E-state index is 10.9. The van der Waals surface area contributed by atoms with E-state index in [4.69, 9.17) is 0 Å². The van der Waals surface area contributed by atoms with E-state index in [0.717, 1.165) is 6.42 Å². The Bertz CT molecular complexity index is 391. The van der Waals surface area contributed by atoms with Gasteiger partial charge in [-0.3, -0.25) is 9.79 Å². The van der Waals surface area contributed by atoms with Crippen LogP contribution >= 0.6 is 15.9 Å². The van der Waals surface area contributed by atoms with Crippen molar-refractivity contribution in [1.29, 1.82) is 0 Å². The summed E-state index contributed by atoms with van der Waals surface area (Å²) in [6, 6.07) is 0. The van der Waals surface area contributed by atoms with E-state index in [1.807, 2.05) is 6.08 Å². The van der Waals surface area contributed by atoms with Gasteiger partial charge in [0.2, 0.25) is 0 Å². The molecule has 0 aromatic rings.